The monoisotopic (exact) mass is 265 g/mol. The van der Waals surface area contributed by atoms with Gasteiger partial charge in [0, 0.05) is 12.6 Å². The van der Waals surface area contributed by atoms with Crippen molar-refractivity contribution in [2.75, 3.05) is 13.1 Å². The Balaban J connectivity index is 2.44. The van der Waals surface area contributed by atoms with Crippen LogP contribution in [0.15, 0.2) is 18.2 Å². The molecule has 0 spiro atoms. The molecule has 0 saturated carbocycles. The Kier molecular flexibility index (Phi) is 3.28. The highest BCUT2D eigenvalue weighted by Gasteiger charge is 2.41. The lowest BCUT2D eigenvalue weighted by Crippen LogP contribution is -2.39. The van der Waals surface area contributed by atoms with Crippen molar-refractivity contribution in [1.82, 2.24) is 4.90 Å². The molecule has 0 fully saturated rings. The average molecular weight is 265 g/mol. The van der Waals surface area contributed by atoms with Gasteiger partial charge in [-0.15, -0.1) is 0 Å². The largest absolute Gasteiger partial charge is 0.390 e. The van der Waals surface area contributed by atoms with E-state index in [1.807, 2.05) is 0 Å². The molecule has 8 nitrogen and oxygen atoms in total. The van der Waals surface area contributed by atoms with Gasteiger partial charge in [-0.3, -0.25) is 24.6 Å². The molecule has 1 atom stereocenters. The summed E-state index contributed by atoms with van der Waals surface area (Å²) in [7, 11) is 0. The number of hydrogen-bond donors (Lipinski definition) is 2. The lowest BCUT2D eigenvalue weighted by atomic mass is 10.1. The average Bonchev–Trinajstić information content (AvgIpc) is 2.63. The summed E-state index contributed by atoms with van der Waals surface area (Å²) in [4.78, 5) is 34.9. The zero-order valence-electron chi connectivity index (χ0n) is 9.78. The first-order chi connectivity index (χ1) is 8.97. The van der Waals surface area contributed by atoms with Crippen LogP contribution in [0.3, 0.4) is 0 Å². The van der Waals surface area contributed by atoms with Crippen molar-refractivity contribution in [1.29, 1.82) is 0 Å². The van der Waals surface area contributed by atoms with Crippen molar-refractivity contribution < 1.29 is 19.6 Å². The van der Waals surface area contributed by atoms with Gasteiger partial charge < -0.3 is 10.8 Å². The number of rotatable bonds is 4. The van der Waals surface area contributed by atoms with Gasteiger partial charge in [0.2, 0.25) is 0 Å². The van der Waals surface area contributed by atoms with Crippen molar-refractivity contribution in [2.24, 2.45) is 5.73 Å². The van der Waals surface area contributed by atoms with Crippen LogP contribution >= 0.6 is 0 Å². The summed E-state index contributed by atoms with van der Waals surface area (Å²) >= 11 is 0. The number of nitro groups is 1. The second-order valence-corrected chi connectivity index (χ2v) is 4.07. The number of fused-ring (bicyclic) bond motifs is 1. The van der Waals surface area contributed by atoms with E-state index in [1.165, 1.54) is 12.1 Å². The van der Waals surface area contributed by atoms with Gasteiger partial charge in [0.05, 0.1) is 23.1 Å². The third-order valence-corrected chi connectivity index (χ3v) is 2.84. The SMILES string of the molecule is NCC(O)CN1C(=O)c2cccc([N+](=O)[O-])c2C1=O. The molecule has 3 N–H and O–H groups in total. The van der Waals surface area contributed by atoms with Crippen LogP contribution in [0.2, 0.25) is 0 Å². The van der Waals surface area contributed by atoms with Crippen molar-refractivity contribution in [3.8, 4) is 0 Å². The maximum Gasteiger partial charge on any atom is 0.282 e. The molecule has 1 aromatic carbocycles. The number of benzene rings is 1. The lowest BCUT2D eigenvalue weighted by Gasteiger charge is -2.16. The molecular weight excluding hydrogens is 254 g/mol. The van der Waals surface area contributed by atoms with E-state index >= 15 is 0 Å². The number of carbonyl (C=O) groups excluding carboxylic acids is 2. The van der Waals surface area contributed by atoms with Crippen LogP contribution in [-0.4, -0.2) is 45.9 Å². The summed E-state index contributed by atoms with van der Waals surface area (Å²) in [5.74, 6) is -1.43. The minimum atomic E-state index is -1.05. The predicted octanol–water partition coefficient (Wildman–Crippen LogP) is -0.490. The highest BCUT2D eigenvalue weighted by molar-refractivity contribution is 6.23. The number of β-amino-alcohol motifs (C(OH)–C–C–N with tert-alkyl or cyclic N) is 1. The smallest absolute Gasteiger partial charge is 0.282 e. The maximum atomic E-state index is 12.0. The van der Waals surface area contributed by atoms with Crippen molar-refractivity contribution in [3.63, 3.8) is 0 Å². The molecule has 0 bridgehead atoms. The number of nitrogens with two attached hydrogens (primary N) is 1. The molecule has 0 saturated heterocycles. The summed E-state index contributed by atoms with van der Waals surface area (Å²) in [5.41, 5.74) is 4.54. The first-order valence-corrected chi connectivity index (χ1v) is 5.49. The van der Waals surface area contributed by atoms with Crippen LogP contribution in [0.5, 0.6) is 0 Å². The Morgan fingerprint density at radius 3 is 2.63 bits per heavy atom. The summed E-state index contributed by atoms with van der Waals surface area (Å²) in [6.45, 7) is -0.393. The number of aliphatic hydroxyl groups excluding tert-OH is 1. The molecule has 100 valence electrons. The molecule has 19 heavy (non-hydrogen) atoms. The van der Waals surface area contributed by atoms with Crippen LogP contribution in [0.25, 0.3) is 0 Å². The zero-order valence-corrected chi connectivity index (χ0v) is 9.78. The van der Waals surface area contributed by atoms with Crippen molar-refractivity contribution in [2.45, 2.75) is 6.10 Å². The fourth-order valence-electron chi connectivity index (χ4n) is 1.92. The minimum absolute atomic E-state index is 0.0246. The first kappa shape index (κ1) is 13.1. The molecule has 1 heterocycles. The number of carbonyl (C=O) groups is 2. The molecule has 2 rings (SSSR count). The molecule has 1 aliphatic rings. The zero-order chi connectivity index (χ0) is 14.2. The van der Waals surface area contributed by atoms with E-state index in [0.29, 0.717) is 0 Å². The number of hydrogen-bond acceptors (Lipinski definition) is 6. The highest BCUT2D eigenvalue weighted by Crippen LogP contribution is 2.30. The van der Waals surface area contributed by atoms with Gasteiger partial charge in [0.15, 0.2) is 0 Å². The van der Waals surface area contributed by atoms with Gasteiger partial charge in [-0.1, -0.05) is 6.07 Å². The quantitative estimate of drug-likeness (QED) is 0.429. The van der Waals surface area contributed by atoms with Gasteiger partial charge in [-0.05, 0) is 6.07 Å². The topological polar surface area (TPSA) is 127 Å². The van der Waals surface area contributed by atoms with Gasteiger partial charge >= 0.3 is 0 Å². The van der Waals surface area contributed by atoms with Crippen molar-refractivity contribution >= 4 is 17.5 Å². The van der Waals surface area contributed by atoms with Crippen LogP contribution in [0, 0.1) is 10.1 Å². The van der Waals surface area contributed by atoms with E-state index in [4.69, 9.17) is 5.73 Å². The maximum absolute atomic E-state index is 12.0. The molecule has 0 aromatic heterocycles. The van der Waals surface area contributed by atoms with Gasteiger partial charge in [0.25, 0.3) is 17.5 Å². The Morgan fingerprint density at radius 2 is 2.05 bits per heavy atom. The highest BCUT2D eigenvalue weighted by atomic mass is 16.6. The molecule has 1 aromatic rings. The van der Waals surface area contributed by atoms with E-state index in [0.717, 1.165) is 11.0 Å². The van der Waals surface area contributed by atoms with Crippen LogP contribution < -0.4 is 5.73 Å². The van der Waals surface area contributed by atoms with Crippen molar-refractivity contribution in [3.05, 3.63) is 39.4 Å². The molecule has 1 aliphatic heterocycles. The number of imide groups is 1. The molecule has 2 amide bonds. The van der Waals surface area contributed by atoms with Gasteiger partial charge in [-0.25, -0.2) is 0 Å². The lowest BCUT2D eigenvalue weighted by molar-refractivity contribution is -0.385. The Morgan fingerprint density at radius 1 is 1.37 bits per heavy atom. The predicted molar refractivity (Wildman–Crippen MR) is 63.5 cm³/mol. The summed E-state index contributed by atoms with van der Waals surface area (Å²) < 4.78 is 0. The molecular formula is C11H11N3O5. The summed E-state index contributed by atoms with van der Waals surface area (Å²) in [6.07, 6.45) is -1.05. The number of nitrogens with zero attached hydrogens (tertiary/aromatic N) is 2. The van der Waals surface area contributed by atoms with E-state index in [1.54, 1.807) is 0 Å². The summed E-state index contributed by atoms with van der Waals surface area (Å²) in [6, 6.07) is 3.84. The van der Waals surface area contributed by atoms with E-state index < -0.39 is 28.5 Å². The molecule has 1 unspecified atom stereocenters. The molecule has 8 heteroatoms. The fraction of sp³-hybridized carbons (Fsp3) is 0.273. The standard InChI is InChI=1S/C11H11N3O5/c12-4-6(15)5-13-10(16)7-2-1-3-8(14(18)19)9(7)11(13)17/h1-3,6,15H,4-5,12H2. The van der Waals surface area contributed by atoms with E-state index in [-0.39, 0.29) is 24.2 Å². The third-order valence-electron chi connectivity index (χ3n) is 2.84. The number of amides is 2. The number of nitro benzene ring substituents is 1. The van der Waals surface area contributed by atoms with E-state index in [9.17, 15) is 24.8 Å². The Bertz CT molecular complexity index is 571. The molecule has 0 aliphatic carbocycles. The minimum Gasteiger partial charge on any atom is -0.390 e. The normalized spacial score (nSPS) is 15.6. The Labute approximate surface area is 107 Å². The second-order valence-electron chi connectivity index (χ2n) is 4.07. The summed E-state index contributed by atoms with van der Waals surface area (Å²) in [5, 5.41) is 20.3. The number of aliphatic hydroxyl groups is 1. The first-order valence-electron chi connectivity index (χ1n) is 5.49. The fourth-order valence-corrected chi connectivity index (χ4v) is 1.92. The molecule has 0 radical (unpaired) electrons. The van der Waals surface area contributed by atoms with Gasteiger partial charge in [-0.2, -0.15) is 0 Å². The van der Waals surface area contributed by atoms with Crippen LogP contribution in [-0.2, 0) is 0 Å². The second kappa shape index (κ2) is 4.75. The van der Waals surface area contributed by atoms with Gasteiger partial charge in [0.1, 0.15) is 5.56 Å². The van der Waals surface area contributed by atoms with E-state index in [2.05, 4.69) is 0 Å². The van der Waals surface area contributed by atoms with Crippen LogP contribution in [0.1, 0.15) is 20.7 Å². The van der Waals surface area contributed by atoms with Crippen LogP contribution in [0.4, 0.5) is 5.69 Å². The third kappa shape index (κ3) is 2.07. The Hall–Kier alpha value is -2.32.